The van der Waals surface area contributed by atoms with E-state index in [4.69, 9.17) is 4.84 Å². The van der Waals surface area contributed by atoms with Crippen LogP contribution in [0.5, 0.6) is 0 Å². The Labute approximate surface area is 170 Å². The van der Waals surface area contributed by atoms with Gasteiger partial charge in [-0.1, -0.05) is 44.0 Å². The van der Waals surface area contributed by atoms with Gasteiger partial charge in [0, 0.05) is 24.5 Å². The van der Waals surface area contributed by atoms with Gasteiger partial charge < -0.3 is 4.84 Å². The summed E-state index contributed by atoms with van der Waals surface area (Å²) in [5, 5.41) is 15.3. The summed E-state index contributed by atoms with van der Waals surface area (Å²) in [6.07, 6.45) is 3.75. The molecular weight excluding hydrogens is 368 g/mol. The van der Waals surface area contributed by atoms with Gasteiger partial charge in [0.25, 0.3) is 5.69 Å². The van der Waals surface area contributed by atoms with Crippen LogP contribution in [-0.2, 0) is 15.0 Å². The average molecular weight is 394 g/mol. The van der Waals surface area contributed by atoms with E-state index in [1.165, 1.54) is 12.5 Å². The molecule has 3 rings (SSSR count). The summed E-state index contributed by atoms with van der Waals surface area (Å²) >= 11 is 0. The van der Waals surface area contributed by atoms with E-state index in [2.05, 4.69) is 31.1 Å². The summed E-state index contributed by atoms with van der Waals surface area (Å²) in [5.74, 6) is -0.462. The molecule has 0 heterocycles. The molecule has 6 nitrogen and oxygen atoms in total. The molecular formula is C23H26N2O4. The molecule has 0 aromatic heterocycles. The van der Waals surface area contributed by atoms with Gasteiger partial charge in [-0.25, -0.2) is 4.79 Å². The second kappa shape index (κ2) is 8.15. The normalized spacial score (nSPS) is 14.3. The van der Waals surface area contributed by atoms with E-state index < -0.39 is 5.97 Å². The van der Waals surface area contributed by atoms with Crippen molar-refractivity contribution >= 4 is 17.4 Å². The average Bonchev–Trinajstić information content (AvgIpc) is 2.95. The third kappa shape index (κ3) is 3.67. The minimum atomic E-state index is -0.462. The Morgan fingerprint density at radius 1 is 1.03 bits per heavy atom. The van der Waals surface area contributed by atoms with Crippen molar-refractivity contribution in [2.45, 2.75) is 58.8 Å². The third-order valence-corrected chi connectivity index (χ3v) is 5.64. The number of carbonyl (C=O) groups excluding carboxylic acids is 1. The summed E-state index contributed by atoms with van der Waals surface area (Å²) in [6, 6.07) is 11.3. The Kier molecular flexibility index (Phi) is 5.82. The van der Waals surface area contributed by atoms with Crippen LogP contribution < -0.4 is 0 Å². The maximum atomic E-state index is 11.4. The van der Waals surface area contributed by atoms with Crippen LogP contribution in [0.3, 0.4) is 0 Å². The predicted octanol–water partition coefficient (Wildman–Crippen LogP) is 5.75. The molecule has 152 valence electrons. The molecule has 0 bridgehead atoms. The number of non-ortho nitro benzene ring substituents is 1. The number of hydrogen-bond acceptors (Lipinski definition) is 5. The molecule has 2 aromatic rings. The lowest BCUT2D eigenvalue weighted by Gasteiger charge is -2.32. The maximum absolute atomic E-state index is 11.4. The van der Waals surface area contributed by atoms with Gasteiger partial charge in [-0.3, -0.25) is 10.1 Å². The Hall–Kier alpha value is -3.02. The highest BCUT2D eigenvalue weighted by molar-refractivity contribution is 6.00. The van der Waals surface area contributed by atoms with Crippen molar-refractivity contribution in [2.24, 2.45) is 5.16 Å². The van der Waals surface area contributed by atoms with Crippen molar-refractivity contribution in [3.05, 3.63) is 63.2 Å². The Balaban J connectivity index is 2.22. The molecule has 0 unspecified atom stereocenters. The fourth-order valence-electron chi connectivity index (χ4n) is 4.52. The predicted molar refractivity (Wildman–Crippen MR) is 113 cm³/mol. The highest BCUT2D eigenvalue weighted by Gasteiger charge is 2.42. The largest absolute Gasteiger partial charge is 0.331 e. The molecule has 0 amide bonds. The van der Waals surface area contributed by atoms with Crippen LogP contribution in [0.4, 0.5) is 5.69 Å². The number of fused-ring (bicyclic) bond motifs is 3. The maximum Gasteiger partial charge on any atom is 0.331 e. The fourth-order valence-corrected chi connectivity index (χ4v) is 4.52. The molecule has 2 aromatic carbocycles. The number of carbonyl (C=O) groups is 1. The van der Waals surface area contributed by atoms with Crippen LogP contribution in [0.15, 0.2) is 41.6 Å². The van der Waals surface area contributed by atoms with Gasteiger partial charge in [-0.05, 0) is 59.7 Å². The summed E-state index contributed by atoms with van der Waals surface area (Å²) in [4.78, 5) is 27.0. The number of nitro benzene ring substituents is 1. The first-order chi connectivity index (χ1) is 13.8. The van der Waals surface area contributed by atoms with Crippen LogP contribution in [-0.4, -0.2) is 16.6 Å². The third-order valence-electron chi connectivity index (χ3n) is 5.64. The van der Waals surface area contributed by atoms with Gasteiger partial charge in [0.05, 0.1) is 10.6 Å². The zero-order valence-electron chi connectivity index (χ0n) is 17.3. The minimum absolute atomic E-state index is 0.126. The van der Waals surface area contributed by atoms with Crippen molar-refractivity contribution in [2.75, 3.05) is 0 Å². The molecule has 1 aliphatic rings. The molecule has 29 heavy (non-hydrogen) atoms. The van der Waals surface area contributed by atoms with E-state index >= 15 is 0 Å². The van der Waals surface area contributed by atoms with Crippen molar-refractivity contribution in [3.63, 3.8) is 0 Å². The number of oxime groups is 1. The first-order valence-electron chi connectivity index (χ1n) is 10.0. The quantitative estimate of drug-likeness (QED) is 0.259. The van der Waals surface area contributed by atoms with Crippen molar-refractivity contribution in [1.82, 2.24) is 0 Å². The second-order valence-electron chi connectivity index (χ2n) is 7.59. The minimum Gasteiger partial charge on any atom is -0.318 e. The SMILES string of the molecule is CCCC1(CCC)c2cc(/C(C)=N\OC(C)=O)ccc2-c2ccc([N+](=O)[O-])cc21. The zero-order chi connectivity index (χ0) is 21.2. The van der Waals surface area contributed by atoms with Gasteiger partial charge in [-0.2, -0.15) is 0 Å². The number of benzene rings is 2. The van der Waals surface area contributed by atoms with E-state index in [1.54, 1.807) is 19.1 Å². The van der Waals surface area contributed by atoms with Crippen LogP contribution >= 0.6 is 0 Å². The summed E-state index contributed by atoms with van der Waals surface area (Å²) in [7, 11) is 0. The van der Waals surface area contributed by atoms with Crippen LogP contribution in [0.2, 0.25) is 0 Å². The lowest BCUT2D eigenvalue weighted by molar-refractivity contribution is -0.384. The number of hydrogen-bond donors (Lipinski definition) is 0. The van der Waals surface area contributed by atoms with E-state index in [-0.39, 0.29) is 16.0 Å². The topological polar surface area (TPSA) is 81.8 Å². The molecule has 0 N–H and O–H groups in total. The van der Waals surface area contributed by atoms with Gasteiger partial charge in [0.15, 0.2) is 0 Å². The highest BCUT2D eigenvalue weighted by Crippen LogP contribution is 2.54. The van der Waals surface area contributed by atoms with Gasteiger partial charge in [-0.15, -0.1) is 0 Å². The lowest BCUT2D eigenvalue weighted by atomic mass is 9.71. The van der Waals surface area contributed by atoms with Gasteiger partial charge in [0.1, 0.15) is 0 Å². The zero-order valence-corrected chi connectivity index (χ0v) is 17.3. The van der Waals surface area contributed by atoms with Crippen molar-refractivity contribution < 1.29 is 14.6 Å². The summed E-state index contributed by atoms with van der Waals surface area (Å²) in [5.41, 5.74) is 5.74. The Morgan fingerprint density at radius 3 is 2.17 bits per heavy atom. The van der Waals surface area contributed by atoms with Crippen LogP contribution in [0.25, 0.3) is 11.1 Å². The molecule has 0 fully saturated rings. The Morgan fingerprint density at radius 2 is 1.62 bits per heavy atom. The molecule has 1 aliphatic carbocycles. The Bertz CT molecular complexity index is 988. The molecule has 0 atom stereocenters. The number of nitro groups is 1. The highest BCUT2D eigenvalue weighted by atomic mass is 16.7. The van der Waals surface area contributed by atoms with Crippen LogP contribution in [0.1, 0.15) is 70.1 Å². The first-order valence-corrected chi connectivity index (χ1v) is 10.0. The molecule has 0 spiro atoms. The second-order valence-corrected chi connectivity index (χ2v) is 7.59. The van der Waals surface area contributed by atoms with E-state index in [1.807, 2.05) is 12.1 Å². The van der Waals surface area contributed by atoms with Crippen molar-refractivity contribution in [3.8, 4) is 11.1 Å². The summed E-state index contributed by atoms with van der Waals surface area (Å²) in [6.45, 7) is 7.41. The van der Waals surface area contributed by atoms with E-state index in [0.717, 1.165) is 47.9 Å². The number of rotatable bonds is 7. The summed E-state index contributed by atoms with van der Waals surface area (Å²) < 4.78 is 0. The molecule has 0 saturated carbocycles. The molecule has 0 saturated heterocycles. The smallest absolute Gasteiger partial charge is 0.318 e. The van der Waals surface area contributed by atoms with Gasteiger partial charge in [0.2, 0.25) is 0 Å². The fraction of sp³-hybridized carbons (Fsp3) is 0.391. The van der Waals surface area contributed by atoms with E-state index in [9.17, 15) is 14.9 Å². The number of nitrogens with zero attached hydrogens (tertiary/aromatic N) is 2. The van der Waals surface area contributed by atoms with Crippen molar-refractivity contribution in [1.29, 1.82) is 0 Å². The first kappa shape index (κ1) is 20.7. The lowest BCUT2D eigenvalue weighted by Crippen LogP contribution is -2.25. The molecule has 0 aliphatic heterocycles. The standard InChI is InChI=1S/C23H26N2O4/c1-5-11-23(12-6-2)21-13-17(15(3)24-29-16(4)26)7-9-19(21)20-10-8-18(25(27)28)14-22(20)23/h7-10,13-14H,5-6,11-12H2,1-4H3/b24-15-. The molecule has 6 heteroatoms. The van der Waals surface area contributed by atoms with Crippen LogP contribution in [0, 0.1) is 10.1 Å². The monoisotopic (exact) mass is 394 g/mol. The van der Waals surface area contributed by atoms with Gasteiger partial charge >= 0.3 is 5.97 Å². The van der Waals surface area contributed by atoms with E-state index in [0.29, 0.717) is 5.71 Å². The molecule has 0 radical (unpaired) electrons.